The number of hydrazone groups is 1. The van der Waals surface area contributed by atoms with Gasteiger partial charge in [-0.15, -0.1) is 0 Å². The highest BCUT2D eigenvalue weighted by molar-refractivity contribution is 6.37. The maximum atomic E-state index is 13.1. The first-order chi connectivity index (χ1) is 13.7. The maximum Gasteiger partial charge on any atom is 0.462 e. The molecule has 0 aliphatic rings. The molecule has 0 radical (unpaired) electrons. The van der Waals surface area contributed by atoms with Gasteiger partial charge in [-0.3, -0.25) is 0 Å². The lowest BCUT2D eigenvalue weighted by molar-refractivity contribution is -0.361. The lowest BCUT2D eigenvalue weighted by atomic mass is 10.2. The van der Waals surface area contributed by atoms with Crippen molar-refractivity contribution >= 4 is 41.0 Å². The molecule has 13 heteroatoms. The molecular formula is C17H10Cl3F7N2O. The number of hydrogen-bond acceptors (Lipinski definition) is 3. The summed E-state index contributed by atoms with van der Waals surface area (Å²) in [5.41, 5.74) is 1.16. The van der Waals surface area contributed by atoms with Crippen molar-refractivity contribution in [1.82, 2.24) is 5.43 Å². The van der Waals surface area contributed by atoms with Gasteiger partial charge >= 0.3 is 18.1 Å². The lowest BCUT2D eigenvalue weighted by Gasteiger charge is -2.27. The summed E-state index contributed by atoms with van der Waals surface area (Å²) in [5, 5.41) is 3.09. The second-order valence-corrected chi connectivity index (χ2v) is 7.00. The first-order valence-electron chi connectivity index (χ1n) is 7.73. The highest BCUT2D eigenvalue weighted by Gasteiger charge is 2.73. The zero-order valence-corrected chi connectivity index (χ0v) is 16.7. The molecule has 0 saturated carbocycles. The van der Waals surface area contributed by atoms with E-state index in [9.17, 15) is 30.7 Å². The minimum atomic E-state index is -6.48. The average Bonchev–Trinajstić information content (AvgIpc) is 2.61. The third kappa shape index (κ3) is 5.61. The lowest BCUT2D eigenvalue weighted by Crippen LogP contribution is -2.58. The first kappa shape index (κ1) is 24.4. The van der Waals surface area contributed by atoms with Crippen LogP contribution in [0.4, 0.5) is 30.7 Å². The van der Waals surface area contributed by atoms with Gasteiger partial charge in [0.2, 0.25) is 0 Å². The van der Waals surface area contributed by atoms with Crippen LogP contribution >= 0.6 is 34.8 Å². The van der Waals surface area contributed by atoms with Crippen LogP contribution in [-0.2, 0) is 6.61 Å². The van der Waals surface area contributed by atoms with E-state index in [1.807, 2.05) is 0 Å². The Morgan fingerprint density at radius 1 is 0.900 bits per heavy atom. The Balaban J connectivity index is 2.10. The zero-order chi connectivity index (χ0) is 22.7. The van der Waals surface area contributed by atoms with E-state index in [1.54, 1.807) is 24.3 Å². The quantitative estimate of drug-likeness (QED) is 0.195. The second kappa shape index (κ2) is 9.07. The van der Waals surface area contributed by atoms with Crippen LogP contribution < -0.4 is 10.2 Å². The topological polar surface area (TPSA) is 33.6 Å². The molecule has 0 aromatic heterocycles. The largest absolute Gasteiger partial charge is 0.486 e. The van der Waals surface area contributed by atoms with Crippen LogP contribution in [0.15, 0.2) is 41.5 Å². The fourth-order valence-corrected chi connectivity index (χ4v) is 2.70. The highest BCUT2D eigenvalue weighted by atomic mass is 35.5. The summed E-state index contributed by atoms with van der Waals surface area (Å²) in [6.07, 6.45) is -5.93. The first-order valence-corrected chi connectivity index (χ1v) is 8.87. The van der Waals surface area contributed by atoms with Crippen LogP contribution in [0.25, 0.3) is 0 Å². The van der Waals surface area contributed by atoms with Crippen molar-refractivity contribution in [2.75, 3.05) is 0 Å². The molecule has 2 aromatic carbocycles. The molecule has 0 saturated heterocycles. The smallest absolute Gasteiger partial charge is 0.462 e. The molecule has 0 amide bonds. The minimum Gasteiger partial charge on any atom is -0.486 e. The Morgan fingerprint density at radius 2 is 1.43 bits per heavy atom. The SMILES string of the molecule is FC(F)(F)C(F)(F)C(F)(F)N/N=C/c1cc(Cl)c(OCc2ccc(Cl)cc2)c(Cl)c1. The molecule has 0 heterocycles. The van der Waals surface area contributed by atoms with Gasteiger partial charge in [-0.25, -0.2) is 5.43 Å². The molecule has 0 atom stereocenters. The van der Waals surface area contributed by atoms with Gasteiger partial charge in [0.1, 0.15) is 6.61 Å². The molecule has 0 spiro atoms. The van der Waals surface area contributed by atoms with Crippen molar-refractivity contribution in [2.45, 2.75) is 24.8 Å². The Morgan fingerprint density at radius 3 is 1.93 bits per heavy atom. The number of nitrogens with zero attached hydrogens (tertiary/aromatic N) is 1. The number of hydrogen-bond donors (Lipinski definition) is 1. The fourth-order valence-electron chi connectivity index (χ4n) is 1.96. The monoisotopic (exact) mass is 496 g/mol. The van der Waals surface area contributed by atoms with Crippen molar-refractivity contribution in [3.8, 4) is 5.75 Å². The van der Waals surface area contributed by atoms with E-state index in [4.69, 9.17) is 39.5 Å². The molecule has 0 aliphatic heterocycles. The Labute approximate surface area is 180 Å². The molecular weight excluding hydrogens is 488 g/mol. The third-order valence-corrected chi connectivity index (χ3v) is 4.30. The van der Waals surface area contributed by atoms with Gasteiger partial charge in [0, 0.05) is 5.02 Å². The molecule has 2 rings (SSSR count). The molecule has 1 N–H and O–H groups in total. The summed E-state index contributed by atoms with van der Waals surface area (Å²) in [7, 11) is 0. The molecule has 164 valence electrons. The Kier molecular flexibility index (Phi) is 7.36. The van der Waals surface area contributed by atoms with Gasteiger partial charge < -0.3 is 4.74 Å². The summed E-state index contributed by atoms with van der Waals surface area (Å²) in [5.74, 6) is -6.31. The predicted molar refractivity (Wildman–Crippen MR) is 98.9 cm³/mol. The summed E-state index contributed by atoms with van der Waals surface area (Å²) in [6.45, 7) is 0.0599. The molecule has 30 heavy (non-hydrogen) atoms. The van der Waals surface area contributed by atoms with E-state index in [2.05, 4.69) is 5.10 Å². The normalized spacial score (nSPS) is 13.0. The van der Waals surface area contributed by atoms with Crippen molar-refractivity contribution in [3.05, 3.63) is 62.6 Å². The second-order valence-electron chi connectivity index (χ2n) is 5.75. The molecule has 0 fully saturated rings. The highest BCUT2D eigenvalue weighted by Crippen LogP contribution is 2.45. The summed E-state index contributed by atoms with van der Waals surface area (Å²) >= 11 is 17.8. The molecule has 3 nitrogen and oxygen atoms in total. The van der Waals surface area contributed by atoms with Gasteiger partial charge in [0.15, 0.2) is 5.75 Å². The number of nitrogens with one attached hydrogen (secondary N) is 1. The van der Waals surface area contributed by atoms with Crippen molar-refractivity contribution in [1.29, 1.82) is 0 Å². The van der Waals surface area contributed by atoms with Gasteiger partial charge in [-0.2, -0.15) is 35.8 Å². The molecule has 0 unspecified atom stereocenters. The van der Waals surface area contributed by atoms with Crippen molar-refractivity contribution in [3.63, 3.8) is 0 Å². The molecule has 0 bridgehead atoms. The molecule has 2 aromatic rings. The van der Waals surface area contributed by atoms with E-state index in [1.165, 1.54) is 0 Å². The summed E-state index contributed by atoms with van der Waals surface area (Å²) in [6, 6.07) is 3.23. The number of rotatable bonds is 7. The average molecular weight is 498 g/mol. The summed E-state index contributed by atoms with van der Waals surface area (Å²) < 4.78 is 93.5. The molecule has 0 aliphatic carbocycles. The maximum absolute atomic E-state index is 13.1. The summed E-state index contributed by atoms with van der Waals surface area (Å²) in [4.78, 5) is 0. The Bertz CT molecular complexity index is 896. The van der Waals surface area contributed by atoms with Crippen molar-refractivity contribution < 1.29 is 35.5 Å². The van der Waals surface area contributed by atoms with Crippen LogP contribution in [0.1, 0.15) is 11.1 Å². The number of ether oxygens (including phenoxy) is 1. The van der Waals surface area contributed by atoms with Crippen LogP contribution in [0, 0.1) is 0 Å². The standard InChI is InChI=1S/C17H10Cl3F7N2O/c18-11-3-1-9(2-4-11)8-30-14-12(19)5-10(6-13(14)20)7-28-29-17(26,27)15(21,22)16(23,24)25/h1-7,29H,8H2/b28-7+. The van der Waals surface area contributed by atoms with Gasteiger partial charge in [-0.05, 0) is 35.4 Å². The number of alkyl halides is 7. The van der Waals surface area contributed by atoms with E-state index in [0.29, 0.717) is 16.7 Å². The van der Waals surface area contributed by atoms with Crippen molar-refractivity contribution in [2.24, 2.45) is 5.10 Å². The minimum absolute atomic E-state index is 0.0346. The third-order valence-electron chi connectivity index (χ3n) is 3.49. The number of benzene rings is 2. The van der Waals surface area contributed by atoms with E-state index < -0.39 is 18.1 Å². The van der Waals surface area contributed by atoms with E-state index >= 15 is 0 Å². The van der Waals surface area contributed by atoms with Crippen LogP contribution in [0.5, 0.6) is 5.75 Å². The van der Waals surface area contributed by atoms with Gasteiger partial charge in [-0.1, -0.05) is 46.9 Å². The number of halogens is 10. The van der Waals surface area contributed by atoms with Crippen LogP contribution in [0.2, 0.25) is 15.1 Å². The Hall–Kier alpha value is -1.91. The zero-order valence-electron chi connectivity index (χ0n) is 14.4. The van der Waals surface area contributed by atoms with Gasteiger partial charge in [0.05, 0.1) is 16.3 Å². The van der Waals surface area contributed by atoms with Crippen LogP contribution in [0.3, 0.4) is 0 Å². The fraction of sp³-hybridized carbons (Fsp3) is 0.235. The van der Waals surface area contributed by atoms with Gasteiger partial charge in [0.25, 0.3) is 0 Å². The van der Waals surface area contributed by atoms with E-state index in [0.717, 1.165) is 17.7 Å². The van der Waals surface area contributed by atoms with Crippen LogP contribution in [-0.4, -0.2) is 24.4 Å². The van der Waals surface area contributed by atoms with E-state index in [-0.39, 0.29) is 28.0 Å². The predicted octanol–water partition coefficient (Wildman–Crippen LogP) is 6.94.